The lowest BCUT2D eigenvalue weighted by atomic mass is 10.5. The van der Waals surface area contributed by atoms with Crippen LogP contribution in [-0.4, -0.2) is 22.2 Å². The molecular formula is C4H4Br2Cl2O4. The first kappa shape index (κ1) is 18.1. The lowest BCUT2D eigenvalue weighted by Crippen LogP contribution is -2.02. The zero-order valence-corrected chi connectivity index (χ0v) is 10.1. The quantitative estimate of drug-likeness (QED) is 0.750. The number of aliphatic carboxylic acids is 2. The topological polar surface area (TPSA) is 74.6 Å². The molecule has 0 saturated carbocycles. The van der Waals surface area contributed by atoms with E-state index < -0.39 is 20.9 Å². The summed E-state index contributed by atoms with van der Waals surface area (Å²) >= 11 is 5.12. The lowest BCUT2D eigenvalue weighted by Gasteiger charge is -1.91. The first-order chi connectivity index (χ1) is 4.46. The Hall–Kier alpha value is 0.220. The number of halogens is 4. The van der Waals surface area contributed by atoms with E-state index in [0.29, 0.717) is 0 Å². The fraction of sp³-hybridized carbons (Fsp3) is 0. The molecule has 0 aromatic carbocycles. The van der Waals surface area contributed by atoms with Crippen molar-refractivity contribution < 1.29 is 19.8 Å². The van der Waals surface area contributed by atoms with Crippen molar-refractivity contribution in [2.75, 3.05) is 0 Å². The first-order valence-corrected chi connectivity index (χ1v) is 3.57. The second-order valence-corrected chi connectivity index (χ2v) is 2.82. The molecule has 0 aliphatic heterocycles. The number of carboxylic acids is 2. The largest absolute Gasteiger partial charge is 0.477 e. The van der Waals surface area contributed by atoms with Gasteiger partial charge in [0, 0.05) is 0 Å². The number of carboxylic acid groups (broad SMARTS) is 2. The minimum absolute atomic E-state index is 0. The smallest absolute Gasteiger partial charge is 0.344 e. The van der Waals surface area contributed by atoms with Crippen LogP contribution in [0.5, 0.6) is 0 Å². The maximum Gasteiger partial charge on any atom is 0.344 e. The first-order valence-electron chi connectivity index (χ1n) is 1.98. The highest BCUT2D eigenvalue weighted by molar-refractivity contribution is 9.14. The van der Waals surface area contributed by atoms with Gasteiger partial charge in [-0.2, -0.15) is 0 Å². The fourth-order valence-electron chi connectivity index (χ4n) is 0.188. The van der Waals surface area contributed by atoms with Crippen molar-refractivity contribution in [3.05, 3.63) is 8.96 Å². The van der Waals surface area contributed by atoms with Gasteiger partial charge in [-0.15, -0.1) is 24.8 Å². The molecule has 0 aliphatic rings. The second-order valence-electron chi connectivity index (χ2n) is 1.24. The normalized spacial score (nSPS) is 10.2. The van der Waals surface area contributed by atoms with E-state index in [1.165, 1.54) is 0 Å². The van der Waals surface area contributed by atoms with Crippen molar-refractivity contribution in [2.24, 2.45) is 0 Å². The van der Waals surface area contributed by atoms with Gasteiger partial charge in [0.1, 0.15) is 8.96 Å². The lowest BCUT2D eigenvalue weighted by molar-refractivity contribution is -0.134. The molecule has 0 rings (SSSR count). The molecule has 0 aromatic rings. The molecule has 0 fully saturated rings. The molecule has 0 radical (unpaired) electrons. The standard InChI is InChI=1S/C4H2Br2O4.2ClH/c5-1(3(7)8)2(6)4(9)10;;/h(H,7,8)(H,9,10);2*1H. The van der Waals surface area contributed by atoms with E-state index in [4.69, 9.17) is 10.2 Å². The van der Waals surface area contributed by atoms with E-state index in [2.05, 4.69) is 31.9 Å². The average Bonchev–Trinajstić information content (AvgIpc) is 1.84. The number of hydrogen-bond acceptors (Lipinski definition) is 2. The Morgan fingerprint density at radius 1 is 0.833 bits per heavy atom. The van der Waals surface area contributed by atoms with Crippen LogP contribution >= 0.6 is 56.7 Å². The molecule has 0 bridgehead atoms. The van der Waals surface area contributed by atoms with Crippen LogP contribution in [0.15, 0.2) is 8.96 Å². The molecule has 0 spiro atoms. The summed E-state index contributed by atoms with van der Waals surface area (Å²) in [5.74, 6) is -2.65. The van der Waals surface area contributed by atoms with E-state index in [9.17, 15) is 9.59 Å². The highest BCUT2D eigenvalue weighted by Crippen LogP contribution is 2.17. The van der Waals surface area contributed by atoms with Gasteiger partial charge in [-0.25, -0.2) is 9.59 Å². The molecule has 4 nitrogen and oxygen atoms in total. The van der Waals surface area contributed by atoms with E-state index in [-0.39, 0.29) is 24.8 Å². The highest BCUT2D eigenvalue weighted by Gasteiger charge is 2.13. The molecule has 0 saturated heterocycles. The van der Waals surface area contributed by atoms with Crippen molar-refractivity contribution in [3.8, 4) is 0 Å². The summed E-state index contributed by atoms with van der Waals surface area (Å²) in [5.41, 5.74) is 0. The van der Waals surface area contributed by atoms with Gasteiger partial charge in [0.05, 0.1) is 0 Å². The summed E-state index contributed by atoms with van der Waals surface area (Å²) in [5, 5.41) is 16.4. The molecule has 12 heavy (non-hydrogen) atoms. The summed E-state index contributed by atoms with van der Waals surface area (Å²) in [7, 11) is 0. The molecular weight excluding hydrogens is 343 g/mol. The molecule has 0 aromatic heterocycles. The molecule has 8 heteroatoms. The minimum atomic E-state index is -1.32. The highest BCUT2D eigenvalue weighted by atomic mass is 79.9. The minimum Gasteiger partial charge on any atom is -0.477 e. The summed E-state index contributed by atoms with van der Waals surface area (Å²) < 4.78 is -0.806. The molecule has 0 heterocycles. The summed E-state index contributed by atoms with van der Waals surface area (Å²) in [6.07, 6.45) is 0. The predicted octanol–water partition coefficient (Wildman–Crippen LogP) is 2.00. The number of hydrogen-bond donors (Lipinski definition) is 2. The maximum absolute atomic E-state index is 10.0. The molecule has 2 N–H and O–H groups in total. The Bertz CT molecular complexity index is 193. The summed E-state index contributed by atoms with van der Waals surface area (Å²) in [6.45, 7) is 0. The van der Waals surface area contributed by atoms with Gasteiger partial charge in [0.15, 0.2) is 0 Å². The van der Waals surface area contributed by atoms with E-state index in [1.54, 1.807) is 0 Å². The summed E-state index contributed by atoms with van der Waals surface area (Å²) in [6, 6.07) is 0. The number of rotatable bonds is 2. The van der Waals surface area contributed by atoms with Crippen molar-refractivity contribution >= 4 is 68.6 Å². The van der Waals surface area contributed by atoms with E-state index in [0.717, 1.165) is 0 Å². The molecule has 0 aliphatic carbocycles. The Morgan fingerprint density at radius 3 is 1.08 bits per heavy atom. The van der Waals surface area contributed by atoms with Crippen molar-refractivity contribution in [1.29, 1.82) is 0 Å². The fourth-order valence-corrected chi connectivity index (χ4v) is 0.527. The SMILES string of the molecule is Cl.Cl.O=C(O)C(Br)=C(Br)C(=O)O. The van der Waals surface area contributed by atoms with Gasteiger partial charge < -0.3 is 10.2 Å². The monoisotopic (exact) mass is 344 g/mol. The van der Waals surface area contributed by atoms with Crippen molar-refractivity contribution in [1.82, 2.24) is 0 Å². The predicted molar refractivity (Wildman–Crippen MR) is 54.6 cm³/mol. The Morgan fingerprint density at radius 2 is 1.00 bits per heavy atom. The van der Waals surface area contributed by atoms with Crippen LogP contribution in [0.25, 0.3) is 0 Å². The third-order valence-corrected chi connectivity index (χ3v) is 2.57. The van der Waals surface area contributed by atoms with Gasteiger partial charge in [0.2, 0.25) is 0 Å². The van der Waals surface area contributed by atoms with E-state index in [1.807, 2.05) is 0 Å². The summed E-state index contributed by atoms with van der Waals surface area (Å²) in [4.78, 5) is 20.1. The van der Waals surface area contributed by atoms with Gasteiger partial charge in [0.25, 0.3) is 0 Å². The zero-order chi connectivity index (χ0) is 8.31. The second kappa shape index (κ2) is 7.85. The van der Waals surface area contributed by atoms with Crippen LogP contribution in [0.3, 0.4) is 0 Å². The Balaban J connectivity index is -0.000000405. The van der Waals surface area contributed by atoms with Crippen LogP contribution in [0.1, 0.15) is 0 Å². The van der Waals surface area contributed by atoms with Crippen LogP contribution in [0.2, 0.25) is 0 Å². The molecule has 0 atom stereocenters. The van der Waals surface area contributed by atoms with Crippen LogP contribution < -0.4 is 0 Å². The van der Waals surface area contributed by atoms with Crippen LogP contribution in [0, 0.1) is 0 Å². The Labute approximate surface area is 97.1 Å². The average molecular weight is 347 g/mol. The third-order valence-electron chi connectivity index (χ3n) is 0.568. The van der Waals surface area contributed by atoms with Crippen LogP contribution in [-0.2, 0) is 9.59 Å². The van der Waals surface area contributed by atoms with E-state index >= 15 is 0 Å². The van der Waals surface area contributed by atoms with Gasteiger partial charge in [-0.3, -0.25) is 0 Å². The third kappa shape index (κ3) is 5.82. The van der Waals surface area contributed by atoms with Crippen LogP contribution in [0.4, 0.5) is 0 Å². The van der Waals surface area contributed by atoms with Crippen molar-refractivity contribution in [2.45, 2.75) is 0 Å². The van der Waals surface area contributed by atoms with Gasteiger partial charge >= 0.3 is 11.9 Å². The molecule has 72 valence electrons. The van der Waals surface area contributed by atoms with Gasteiger partial charge in [-0.1, -0.05) is 0 Å². The zero-order valence-electron chi connectivity index (χ0n) is 5.28. The van der Waals surface area contributed by atoms with Crippen molar-refractivity contribution in [3.63, 3.8) is 0 Å². The number of carbonyl (C=O) groups is 2. The Kier molecular flexibility index (Phi) is 11.8. The maximum atomic E-state index is 10.0. The van der Waals surface area contributed by atoms with Gasteiger partial charge in [-0.05, 0) is 31.9 Å². The molecule has 0 unspecified atom stereocenters. The molecule has 0 amide bonds.